The monoisotopic (exact) mass is 241 g/mol. The second-order valence-electron chi connectivity index (χ2n) is 5.31. The maximum Gasteiger partial charge on any atom is 0.0700 e. The Kier molecular flexibility index (Phi) is 9.72. The summed E-state index contributed by atoms with van der Waals surface area (Å²) < 4.78 is 5.57. The first kappa shape index (κ1) is 15.0. The Labute approximate surface area is 108 Å². The number of nitrogens with one attached hydrogen (secondary N) is 1. The molecule has 1 aliphatic rings. The van der Waals surface area contributed by atoms with Gasteiger partial charge >= 0.3 is 0 Å². The maximum absolute atomic E-state index is 5.57. The van der Waals surface area contributed by atoms with Crippen LogP contribution in [0.4, 0.5) is 0 Å². The fourth-order valence-corrected chi connectivity index (χ4v) is 2.45. The number of hydrogen-bond donors (Lipinski definition) is 1. The van der Waals surface area contributed by atoms with Crippen molar-refractivity contribution in [2.24, 2.45) is 0 Å². The van der Waals surface area contributed by atoms with Crippen molar-refractivity contribution in [3.05, 3.63) is 0 Å². The molecular formula is C15H31NO. The minimum Gasteiger partial charge on any atom is -0.377 e. The number of unbranched alkanes of at least 4 members (excludes halogenated alkanes) is 7. The molecule has 1 aliphatic heterocycles. The fourth-order valence-electron chi connectivity index (χ4n) is 2.45. The summed E-state index contributed by atoms with van der Waals surface area (Å²) in [6.07, 6.45) is 14.3. The number of ether oxygens (including phenoxy) is 1. The lowest BCUT2D eigenvalue weighted by atomic mass is 10.1. The van der Waals surface area contributed by atoms with E-state index in [1.165, 1.54) is 70.8 Å². The van der Waals surface area contributed by atoms with Gasteiger partial charge in [-0.25, -0.2) is 0 Å². The highest BCUT2D eigenvalue weighted by atomic mass is 16.5. The van der Waals surface area contributed by atoms with Crippen molar-refractivity contribution in [3.8, 4) is 0 Å². The molecule has 1 fully saturated rings. The van der Waals surface area contributed by atoms with Crippen molar-refractivity contribution in [1.29, 1.82) is 0 Å². The van der Waals surface area contributed by atoms with Gasteiger partial charge in [-0.2, -0.15) is 0 Å². The minimum absolute atomic E-state index is 0.504. The van der Waals surface area contributed by atoms with Gasteiger partial charge in [-0.15, -0.1) is 0 Å². The molecule has 0 spiro atoms. The standard InChI is InChI=1S/C15H31NO/c1-2-3-4-5-6-7-8-9-12-16-14-15-11-10-13-17-15/h15-16H,2-14H2,1H3/t15-/m0/s1. The van der Waals surface area contributed by atoms with Crippen molar-refractivity contribution in [2.75, 3.05) is 19.7 Å². The van der Waals surface area contributed by atoms with Crippen LogP contribution in [0.5, 0.6) is 0 Å². The van der Waals surface area contributed by atoms with Gasteiger partial charge in [0.15, 0.2) is 0 Å². The van der Waals surface area contributed by atoms with Gasteiger partial charge in [-0.1, -0.05) is 51.9 Å². The molecule has 2 heteroatoms. The Hall–Kier alpha value is -0.0800. The topological polar surface area (TPSA) is 21.3 Å². The molecule has 17 heavy (non-hydrogen) atoms. The zero-order chi connectivity index (χ0) is 12.2. The second kappa shape index (κ2) is 11.0. The van der Waals surface area contributed by atoms with Crippen molar-refractivity contribution < 1.29 is 4.74 Å². The highest BCUT2D eigenvalue weighted by Crippen LogP contribution is 2.11. The Morgan fingerprint density at radius 2 is 1.71 bits per heavy atom. The number of rotatable bonds is 11. The molecule has 1 N–H and O–H groups in total. The van der Waals surface area contributed by atoms with Crippen LogP contribution in [0.1, 0.15) is 71.1 Å². The first-order valence-electron chi connectivity index (χ1n) is 7.76. The van der Waals surface area contributed by atoms with E-state index >= 15 is 0 Å². The Balaban J connectivity index is 1.69. The molecule has 0 aromatic carbocycles. The third kappa shape index (κ3) is 8.62. The van der Waals surface area contributed by atoms with E-state index in [1.807, 2.05) is 0 Å². The molecule has 0 aliphatic carbocycles. The van der Waals surface area contributed by atoms with E-state index in [1.54, 1.807) is 0 Å². The summed E-state index contributed by atoms with van der Waals surface area (Å²) in [5.41, 5.74) is 0. The molecule has 1 rings (SSSR count). The van der Waals surface area contributed by atoms with Crippen LogP contribution in [-0.4, -0.2) is 25.8 Å². The van der Waals surface area contributed by atoms with Crippen molar-refractivity contribution >= 4 is 0 Å². The van der Waals surface area contributed by atoms with Gasteiger partial charge in [0.05, 0.1) is 6.10 Å². The van der Waals surface area contributed by atoms with Gasteiger partial charge in [0.1, 0.15) is 0 Å². The maximum atomic E-state index is 5.57. The van der Waals surface area contributed by atoms with Gasteiger partial charge in [0.2, 0.25) is 0 Å². The van der Waals surface area contributed by atoms with Crippen LogP contribution < -0.4 is 5.32 Å². The highest BCUT2D eigenvalue weighted by molar-refractivity contribution is 4.67. The van der Waals surface area contributed by atoms with Gasteiger partial charge in [-0.05, 0) is 25.8 Å². The van der Waals surface area contributed by atoms with E-state index in [-0.39, 0.29) is 0 Å². The SMILES string of the molecule is CCCCCCCCCCNC[C@@H]1CCCO1. The Morgan fingerprint density at radius 1 is 1.00 bits per heavy atom. The van der Waals surface area contributed by atoms with E-state index in [0.717, 1.165) is 13.2 Å². The molecule has 1 atom stereocenters. The predicted molar refractivity (Wildman–Crippen MR) is 74.5 cm³/mol. The first-order valence-corrected chi connectivity index (χ1v) is 7.76. The Morgan fingerprint density at radius 3 is 2.35 bits per heavy atom. The lowest BCUT2D eigenvalue weighted by Gasteiger charge is -2.10. The molecule has 0 aromatic heterocycles. The predicted octanol–water partition coefficient (Wildman–Crippen LogP) is 3.90. The second-order valence-corrected chi connectivity index (χ2v) is 5.31. The van der Waals surface area contributed by atoms with Crippen molar-refractivity contribution in [3.63, 3.8) is 0 Å². The largest absolute Gasteiger partial charge is 0.377 e. The summed E-state index contributed by atoms with van der Waals surface area (Å²) in [5, 5.41) is 3.51. The van der Waals surface area contributed by atoms with E-state index in [2.05, 4.69) is 12.2 Å². The third-order valence-electron chi connectivity index (χ3n) is 3.60. The quantitative estimate of drug-likeness (QED) is 0.554. The lowest BCUT2D eigenvalue weighted by molar-refractivity contribution is 0.110. The fraction of sp³-hybridized carbons (Fsp3) is 1.00. The van der Waals surface area contributed by atoms with Crippen LogP contribution in [0, 0.1) is 0 Å². The highest BCUT2D eigenvalue weighted by Gasteiger charge is 2.13. The molecule has 0 unspecified atom stereocenters. The summed E-state index contributed by atoms with van der Waals surface area (Å²) in [4.78, 5) is 0. The van der Waals surface area contributed by atoms with Crippen LogP contribution in [0.3, 0.4) is 0 Å². The summed E-state index contributed by atoms with van der Waals surface area (Å²) >= 11 is 0. The van der Waals surface area contributed by atoms with Crippen LogP contribution in [-0.2, 0) is 4.74 Å². The van der Waals surface area contributed by atoms with Crippen LogP contribution in [0.2, 0.25) is 0 Å². The molecule has 0 amide bonds. The zero-order valence-electron chi connectivity index (χ0n) is 11.7. The molecule has 2 nitrogen and oxygen atoms in total. The van der Waals surface area contributed by atoms with E-state index in [4.69, 9.17) is 4.74 Å². The molecule has 0 bridgehead atoms. The summed E-state index contributed by atoms with van der Waals surface area (Å²) in [6.45, 7) is 5.50. The third-order valence-corrected chi connectivity index (χ3v) is 3.60. The molecular weight excluding hydrogens is 210 g/mol. The van der Waals surface area contributed by atoms with Gasteiger partial charge < -0.3 is 10.1 Å². The summed E-state index contributed by atoms with van der Waals surface area (Å²) in [7, 11) is 0. The van der Waals surface area contributed by atoms with E-state index < -0.39 is 0 Å². The van der Waals surface area contributed by atoms with E-state index in [9.17, 15) is 0 Å². The van der Waals surface area contributed by atoms with E-state index in [0.29, 0.717) is 6.10 Å². The number of hydrogen-bond acceptors (Lipinski definition) is 2. The first-order chi connectivity index (χ1) is 8.43. The van der Waals surface area contributed by atoms with Gasteiger partial charge in [0.25, 0.3) is 0 Å². The normalized spacial score (nSPS) is 19.9. The molecule has 1 saturated heterocycles. The van der Waals surface area contributed by atoms with Crippen LogP contribution >= 0.6 is 0 Å². The summed E-state index contributed by atoms with van der Waals surface area (Å²) in [6, 6.07) is 0. The minimum atomic E-state index is 0.504. The average molecular weight is 241 g/mol. The lowest BCUT2D eigenvalue weighted by Crippen LogP contribution is -2.26. The zero-order valence-corrected chi connectivity index (χ0v) is 11.7. The summed E-state index contributed by atoms with van der Waals surface area (Å²) in [5.74, 6) is 0. The molecule has 0 saturated carbocycles. The smallest absolute Gasteiger partial charge is 0.0700 e. The molecule has 102 valence electrons. The van der Waals surface area contributed by atoms with Crippen LogP contribution in [0.15, 0.2) is 0 Å². The van der Waals surface area contributed by atoms with Crippen LogP contribution in [0.25, 0.3) is 0 Å². The van der Waals surface area contributed by atoms with Gasteiger partial charge in [0, 0.05) is 13.2 Å². The van der Waals surface area contributed by atoms with Crippen molar-refractivity contribution in [2.45, 2.75) is 77.2 Å². The van der Waals surface area contributed by atoms with Gasteiger partial charge in [-0.3, -0.25) is 0 Å². The molecule has 0 radical (unpaired) electrons. The average Bonchev–Trinajstić information content (AvgIpc) is 2.85. The Bertz CT molecular complexity index is 155. The van der Waals surface area contributed by atoms with Crippen molar-refractivity contribution in [1.82, 2.24) is 5.32 Å². The molecule has 1 heterocycles. The molecule has 0 aromatic rings.